The first kappa shape index (κ1) is 16.8. The predicted octanol–water partition coefficient (Wildman–Crippen LogP) is 2.71. The van der Waals surface area contributed by atoms with Crippen LogP contribution in [0.1, 0.15) is 32.6 Å². The van der Waals surface area contributed by atoms with Crippen molar-refractivity contribution < 1.29 is 13.2 Å². The van der Waals surface area contributed by atoms with Crippen molar-refractivity contribution in [3.8, 4) is 0 Å². The fourth-order valence-electron chi connectivity index (χ4n) is 3.12. The van der Waals surface area contributed by atoms with Gasteiger partial charge in [0.1, 0.15) is 0 Å². The van der Waals surface area contributed by atoms with Gasteiger partial charge in [-0.3, -0.25) is 4.79 Å². The molecule has 2 heterocycles. The molecule has 1 amide bonds. The van der Waals surface area contributed by atoms with E-state index in [1.165, 1.54) is 6.92 Å². The van der Waals surface area contributed by atoms with Crippen LogP contribution in [0.2, 0.25) is 0 Å². The maximum atomic E-state index is 12.9. The van der Waals surface area contributed by atoms with Gasteiger partial charge in [-0.25, -0.2) is 8.42 Å². The first-order valence-electron chi connectivity index (χ1n) is 8.05. The summed E-state index contributed by atoms with van der Waals surface area (Å²) in [5.41, 5.74) is 0.727. The molecule has 126 valence electrons. The van der Waals surface area contributed by atoms with Crippen molar-refractivity contribution in [3.05, 3.63) is 18.2 Å². The lowest BCUT2D eigenvalue weighted by Crippen LogP contribution is -2.34. The Morgan fingerprint density at radius 2 is 1.78 bits per heavy atom. The first-order chi connectivity index (χ1) is 11.0. The van der Waals surface area contributed by atoms with Crippen molar-refractivity contribution in [2.75, 3.05) is 30.3 Å². The molecule has 2 aliphatic rings. The fourth-order valence-corrected chi connectivity index (χ4v) is 5.63. The summed E-state index contributed by atoms with van der Waals surface area (Å²) in [5, 5.41) is 0. The second-order valence-corrected chi connectivity index (χ2v) is 9.04. The van der Waals surface area contributed by atoms with Gasteiger partial charge in [-0.15, -0.1) is 11.8 Å². The van der Waals surface area contributed by atoms with Crippen LogP contribution in [0.25, 0.3) is 0 Å². The molecule has 0 spiro atoms. The van der Waals surface area contributed by atoms with Crippen LogP contribution in [-0.2, 0) is 14.8 Å². The largest absolute Gasteiger partial charge is 0.311 e. The van der Waals surface area contributed by atoms with Crippen LogP contribution < -0.4 is 4.90 Å². The van der Waals surface area contributed by atoms with Crippen LogP contribution in [0.3, 0.4) is 0 Å². The zero-order valence-electron chi connectivity index (χ0n) is 13.3. The molecule has 7 heteroatoms. The maximum absolute atomic E-state index is 12.9. The molecule has 0 saturated carbocycles. The smallest absolute Gasteiger partial charge is 0.243 e. The van der Waals surface area contributed by atoms with E-state index < -0.39 is 10.0 Å². The summed E-state index contributed by atoms with van der Waals surface area (Å²) in [4.78, 5) is 14.8. The first-order valence-corrected chi connectivity index (χ1v) is 10.5. The molecule has 1 fully saturated rings. The van der Waals surface area contributed by atoms with Crippen LogP contribution in [0, 0.1) is 0 Å². The van der Waals surface area contributed by atoms with Crippen molar-refractivity contribution in [1.29, 1.82) is 0 Å². The van der Waals surface area contributed by atoms with Crippen LogP contribution in [0.4, 0.5) is 5.69 Å². The Bertz CT molecular complexity index is 695. The van der Waals surface area contributed by atoms with E-state index in [2.05, 4.69) is 0 Å². The molecule has 0 aliphatic carbocycles. The third kappa shape index (κ3) is 3.41. The SMILES string of the molecule is CC(=O)N1CCSc2ccc(S(=O)(=O)N3CCCCCC3)cc21. The Balaban J connectivity index is 1.96. The molecule has 1 saturated heterocycles. The number of sulfonamides is 1. The summed E-state index contributed by atoms with van der Waals surface area (Å²) in [7, 11) is -3.48. The average Bonchev–Trinajstić information content (AvgIpc) is 2.83. The zero-order valence-corrected chi connectivity index (χ0v) is 15.0. The van der Waals surface area contributed by atoms with E-state index in [9.17, 15) is 13.2 Å². The number of anilines is 1. The molecule has 0 N–H and O–H groups in total. The summed E-state index contributed by atoms with van der Waals surface area (Å²) in [5.74, 6) is 0.793. The Morgan fingerprint density at radius 1 is 1.09 bits per heavy atom. The molecular weight excluding hydrogens is 332 g/mol. The summed E-state index contributed by atoms with van der Waals surface area (Å²) in [6, 6.07) is 5.18. The molecule has 3 rings (SSSR count). The van der Waals surface area contributed by atoms with Gasteiger partial charge in [0.2, 0.25) is 15.9 Å². The van der Waals surface area contributed by atoms with E-state index >= 15 is 0 Å². The van der Waals surface area contributed by atoms with Gasteiger partial charge in [-0.2, -0.15) is 4.31 Å². The molecule has 0 radical (unpaired) electrons. The Kier molecular flexibility index (Phi) is 4.98. The lowest BCUT2D eigenvalue weighted by atomic mass is 10.2. The van der Waals surface area contributed by atoms with Crippen molar-refractivity contribution in [2.45, 2.75) is 42.4 Å². The number of carbonyl (C=O) groups excluding carboxylic acids is 1. The highest BCUT2D eigenvalue weighted by atomic mass is 32.2. The van der Waals surface area contributed by atoms with Crippen molar-refractivity contribution in [1.82, 2.24) is 4.31 Å². The number of rotatable bonds is 2. The number of amides is 1. The van der Waals surface area contributed by atoms with Crippen LogP contribution >= 0.6 is 11.8 Å². The third-order valence-electron chi connectivity index (χ3n) is 4.38. The summed E-state index contributed by atoms with van der Waals surface area (Å²) < 4.78 is 27.4. The lowest BCUT2D eigenvalue weighted by molar-refractivity contribution is -0.116. The second kappa shape index (κ2) is 6.83. The van der Waals surface area contributed by atoms with Gasteiger partial charge in [0.05, 0.1) is 10.6 Å². The third-order valence-corrected chi connectivity index (χ3v) is 7.31. The van der Waals surface area contributed by atoms with Gasteiger partial charge in [0, 0.05) is 37.2 Å². The number of carbonyl (C=O) groups is 1. The van der Waals surface area contributed by atoms with Gasteiger partial charge in [0.25, 0.3) is 0 Å². The van der Waals surface area contributed by atoms with Crippen LogP contribution in [-0.4, -0.2) is 44.0 Å². The summed E-state index contributed by atoms with van der Waals surface area (Å²) in [6.45, 7) is 3.32. The Morgan fingerprint density at radius 3 is 2.43 bits per heavy atom. The van der Waals surface area contributed by atoms with Crippen molar-refractivity contribution >= 4 is 33.4 Å². The number of hydrogen-bond donors (Lipinski definition) is 0. The highest BCUT2D eigenvalue weighted by Crippen LogP contribution is 2.37. The number of thioether (sulfide) groups is 1. The number of fused-ring (bicyclic) bond motifs is 1. The van der Waals surface area contributed by atoms with Gasteiger partial charge in [-0.1, -0.05) is 12.8 Å². The van der Waals surface area contributed by atoms with Crippen molar-refractivity contribution in [2.24, 2.45) is 0 Å². The van der Waals surface area contributed by atoms with Crippen molar-refractivity contribution in [3.63, 3.8) is 0 Å². The molecule has 0 unspecified atom stereocenters. The van der Waals surface area contributed by atoms with E-state index in [1.54, 1.807) is 33.1 Å². The van der Waals surface area contributed by atoms with Crippen LogP contribution in [0.15, 0.2) is 28.0 Å². The highest BCUT2D eigenvalue weighted by Gasteiger charge is 2.28. The molecule has 0 bridgehead atoms. The Labute approximate surface area is 142 Å². The van der Waals surface area contributed by atoms with E-state index in [4.69, 9.17) is 0 Å². The summed E-state index contributed by atoms with van der Waals surface area (Å²) in [6.07, 6.45) is 4.01. The minimum absolute atomic E-state index is 0.0455. The minimum atomic E-state index is -3.48. The normalized spacial score (nSPS) is 20.0. The van der Waals surface area contributed by atoms with Gasteiger partial charge in [-0.05, 0) is 31.0 Å². The topological polar surface area (TPSA) is 57.7 Å². The van der Waals surface area contributed by atoms with E-state index in [1.807, 2.05) is 6.07 Å². The lowest BCUT2D eigenvalue weighted by Gasteiger charge is -2.29. The fraction of sp³-hybridized carbons (Fsp3) is 0.562. The molecular formula is C16H22N2O3S2. The van der Waals surface area contributed by atoms with E-state index in [0.717, 1.165) is 42.0 Å². The average molecular weight is 354 g/mol. The molecule has 0 aromatic heterocycles. The van der Waals surface area contributed by atoms with Gasteiger partial charge < -0.3 is 4.90 Å². The molecule has 5 nitrogen and oxygen atoms in total. The molecule has 1 aromatic rings. The Hall–Kier alpha value is -1.05. The number of nitrogens with zero attached hydrogens (tertiary/aromatic N) is 2. The zero-order chi connectivity index (χ0) is 16.4. The van der Waals surface area contributed by atoms with Gasteiger partial charge in [0.15, 0.2) is 0 Å². The van der Waals surface area contributed by atoms with Gasteiger partial charge >= 0.3 is 0 Å². The number of benzene rings is 1. The maximum Gasteiger partial charge on any atom is 0.243 e. The standard InChI is InChI=1S/C16H22N2O3S2/c1-13(19)18-10-11-22-16-7-6-14(12-15(16)18)23(20,21)17-8-4-2-3-5-9-17/h6-7,12H,2-5,8-11H2,1H3. The molecule has 2 aliphatic heterocycles. The summed E-state index contributed by atoms with van der Waals surface area (Å²) >= 11 is 1.67. The van der Waals surface area contributed by atoms with Crippen LogP contribution in [0.5, 0.6) is 0 Å². The van der Waals surface area contributed by atoms with E-state index in [0.29, 0.717) is 24.5 Å². The molecule has 23 heavy (non-hydrogen) atoms. The quantitative estimate of drug-likeness (QED) is 0.819. The molecule has 1 aromatic carbocycles. The molecule has 0 atom stereocenters. The predicted molar refractivity (Wildman–Crippen MR) is 92.4 cm³/mol. The number of hydrogen-bond acceptors (Lipinski definition) is 4. The monoisotopic (exact) mass is 354 g/mol. The highest BCUT2D eigenvalue weighted by molar-refractivity contribution is 7.99. The van der Waals surface area contributed by atoms with E-state index in [-0.39, 0.29) is 5.91 Å². The minimum Gasteiger partial charge on any atom is -0.311 e. The second-order valence-electron chi connectivity index (χ2n) is 5.97.